The molecule has 0 aliphatic heterocycles. The van der Waals surface area contributed by atoms with Crippen molar-refractivity contribution in [1.82, 2.24) is 9.78 Å². The normalized spacial score (nSPS) is 10.6. The van der Waals surface area contributed by atoms with Crippen LogP contribution in [0.4, 0.5) is 0 Å². The molecular formula is C14H15BrN2O3. The topological polar surface area (TPSA) is 64.3 Å². The molecule has 0 saturated carbocycles. The SMILES string of the molecule is CCc1cc(COc2ccc(C(=O)O)cc2Br)n(C)n1. The molecule has 0 unspecified atom stereocenters. The lowest BCUT2D eigenvalue weighted by atomic mass is 10.2. The minimum Gasteiger partial charge on any atom is -0.486 e. The number of nitrogens with zero attached hydrogens (tertiary/aromatic N) is 2. The van der Waals surface area contributed by atoms with Gasteiger partial charge in [0, 0.05) is 7.05 Å². The van der Waals surface area contributed by atoms with Crippen molar-refractivity contribution in [2.45, 2.75) is 20.0 Å². The van der Waals surface area contributed by atoms with E-state index in [9.17, 15) is 4.79 Å². The van der Waals surface area contributed by atoms with Gasteiger partial charge < -0.3 is 9.84 Å². The highest BCUT2D eigenvalue weighted by atomic mass is 79.9. The number of halogens is 1. The third-order valence-electron chi connectivity index (χ3n) is 2.94. The van der Waals surface area contributed by atoms with Crippen LogP contribution in [0, 0.1) is 0 Å². The number of hydrogen-bond donors (Lipinski definition) is 1. The Morgan fingerprint density at radius 3 is 2.75 bits per heavy atom. The molecule has 1 N–H and O–H groups in total. The van der Waals surface area contributed by atoms with Crippen molar-refractivity contribution in [3.63, 3.8) is 0 Å². The Labute approximate surface area is 125 Å². The van der Waals surface area contributed by atoms with Gasteiger partial charge in [-0.3, -0.25) is 4.68 Å². The molecule has 0 amide bonds. The van der Waals surface area contributed by atoms with Gasteiger partial charge in [0.1, 0.15) is 12.4 Å². The van der Waals surface area contributed by atoms with Gasteiger partial charge in [0.25, 0.3) is 0 Å². The molecule has 1 aromatic carbocycles. The second-order valence-corrected chi connectivity index (χ2v) is 5.20. The summed E-state index contributed by atoms with van der Waals surface area (Å²) < 4.78 is 8.11. The van der Waals surface area contributed by atoms with E-state index in [0.717, 1.165) is 17.8 Å². The number of ether oxygens (including phenoxy) is 1. The summed E-state index contributed by atoms with van der Waals surface area (Å²) in [5, 5.41) is 13.2. The highest BCUT2D eigenvalue weighted by Crippen LogP contribution is 2.26. The van der Waals surface area contributed by atoms with E-state index >= 15 is 0 Å². The molecule has 0 radical (unpaired) electrons. The summed E-state index contributed by atoms with van der Waals surface area (Å²) in [6, 6.07) is 6.69. The summed E-state index contributed by atoms with van der Waals surface area (Å²) in [6.45, 7) is 2.43. The van der Waals surface area contributed by atoms with Crippen molar-refractivity contribution in [1.29, 1.82) is 0 Å². The summed E-state index contributed by atoms with van der Waals surface area (Å²) >= 11 is 3.32. The summed E-state index contributed by atoms with van der Waals surface area (Å²) in [7, 11) is 1.88. The Kier molecular flexibility index (Phi) is 4.44. The fourth-order valence-electron chi connectivity index (χ4n) is 1.78. The number of benzene rings is 1. The van der Waals surface area contributed by atoms with Gasteiger partial charge in [-0.2, -0.15) is 5.10 Å². The quantitative estimate of drug-likeness (QED) is 0.909. The molecule has 0 aliphatic carbocycles. The van der Waals surface area contributed by atoms with Crippen molar-refractivity contribution in [3.05, 3.63) is 45.7 Å². The largest absolute Gasteiger partial charge is 0.486 e. The van der Waals surface area contributed by atoms with Crippen LogP contribution in [-0.4, -0.2) is 20.9 Å². The molecule has 2 rings (SSSR count). The Morgan fingerprint density at radius 1 is 1.45 bits per heavy atom. The Balaban J connectivity index is 2.10. The van der Waals surface area contributed by atoms with Gasteiger partial charge in [0.05, 0.1) is 21.4 Å². The average molecular weight is 339 g/mol. The number of aromatic nitrogens is 2. The van der Waals surface area contributed by atoms with E-state index < -0.39 is 5.97 Å². The first-order valence-corrected chi connectivity index (χ1v) is 6.98. The molecule has 20 heavy (non-hydrogen) atoms. The molecule has 0 fully saturated rings. The van der Waals surface area contributed by atoms with Crippen LogP contribution < -0.4 is 4.74 Å². The van der Waals surface area contributed by atoms with Gasteiger partial charge in [-0.15, -0.1) is 0 Å². The lowest BCUT2D eigenvalue weighted by Gasteiger charge is -2.08. The van der Waals surface area contributed by atoms with Crippen LogP contribution in [0.1, 0.15) is 28.7 Å². The minimum absolute atomic E-state index is 0.220. The van der Waals surface area contributed by atoms with Crippen molar-refractivity contribution in [3.8, 4) is 5.75 Å². The molecule has 106 valence electrons. The van der Waals surface area contributed by atoms with E-state index in [1.807, 2.05) is 20.0 Å². The second-order valence-electron chi connectivity index (χ2n) is 4.34. The zero-order chi connectivity index (χ0) is 14.7. The fourth-order valence-corrected chi connectivity index (χ4v) is 2.28. The molecule has 0 spiro atoms. The van der Waals surface area contributed by atoms with Crippen LogP contribution in [0.15, 0.2) is 28.7 Å². The lowest BCUT2D eigenvalue weighted by Crippen LogP contribution is -2.04. The zero-order valence-electron chi connectivity index (χ0n) is 11.3. The third-order valence-corrected chi connectivity index (χ3v) is 3.56. The van der Waals surface area contributed by atoms with Crippen LogP contribution in [0.3, 0.4) is 0 Å². The summed E-state index contributed by atoms with van der Waals surface area (Å²) in [6.07, 6.45) is 0.880. The number of carbonyl (C=O) groups is 1. The zero-order valence-corrected chi connectivity index (χ0v) is 12.8. The number of aromatic carboxylic acids is 1. The van der Waals surface area contributed by atoms with Crippen LogP contribution in [0.5, 0.6) is 5.75 Å². The first-order chi connectivity index (χ1) is 9.51. The van der Waals surface area contributed by atoms with Gasteiger partial charge in [-0.05, 0) is 46.6 Å². The van der Waals surface area contributed by atoms with E-state index in [1.54, 1.807) is 10.7 Å². The molecule has 0 aliphatic rings. The maximum atomic E-state index is 10.9. The lowest BCUT2D eigenvalue weighted by molar-refractivity contribution is 0.0696. The van der Waals surface area contributed by atoms with Gasteiger partial charge >= 0.3 is 5.97 Å². The first kappa shape index (κ1) is 14.6. The van der Waals surface area contributed by atoms with Crippen molar-refractivity contribution in [2.24, 2.45) is 7.05 Å². The van der Waals surface area contributed by atoms with Crippen molar-refractivity contribution >= 4 is 21.9 Å². The second kappa shape index (κ2) is 6.09. The highest BCUT2D eigenvalue weighted by molar-refractivity contribution is 9.10. The summed E-state index contributed by atoms with van der Waals surface area (Å²) in [5.41, 5.74) is 2.21. The monoisotopic (exact) mass is 338 g/mol. The summed E-state index contributed by atoms with van der Waals surface area (Å²) in [5.74, 6) is -0.356. The van der Waals surface area contributed by atoms with Crippen LogP contribution in [-0.2, 0) is 20.1 Å². The number of hydrogen-bond acceptors (Lipinski definition) is 3. The van der Waals surface area contributed by atoms with E-state index in [0.29, 0.717) is 16.8 Å². The summed E-state index contributed by atoms with van der Waals surface area (Å²) in [4.78, 5) is 10.9. The maximum Gasteiger partial charge on any atom is 0.335 e. The standard InChI is InChI=1S/C14H15BrN2O3/c1-3-10-7-11(17(2)16-10)8-20-13-5-4-9(14(18)19)6-12(13)15/h4-7H,3,8H2,1-2H3,(H,18,19). The minimum atomic E-state index is -0.962. The van der Waals surface area contributed by atoms with Crippen LogP contribution in [0.2, 0.25) is 0 Å². The molecule has 0 atom stereocenters. The highest BCUT2D eigenvalue weighted by Gasteiger charge is 2.09. The first-order valence-electron chi connectivity index (χ1n) is 6.18. The molecular weight excluding hydrogens is 324 g/mol. The molecule has 5 nitrogen and oxygen atoms in total. The van der Waals surface area contributed by atoms with Crippen LogP contribution in [0.25, 0.3) is 0 Å². The van der Waals surface area contributed by atoms with Gasteiger partial charge in [0.15, 0.2) is 0 Å². The molecule has 0 saturated heterocycles. The third kappa shape index (κ3) is 3.19. The molecule has 2 aromatic rings. The van der Waals surface area contributed by atoms with Crippen LogP contribution >= 0.6 is 15.9 Å². The van der Waals surface area contributed by atoms with E-state index in [4.69, 9.17) is 9.84 Å². The van der Waals surface area contributed by atoms with Gasteiger partial charge in [-0.1, -0.05) is 6.92 Å². The predicted molar refractivity (Wildman–Crippen MR) is 78.0 cm³/mol. The molecule has 1 heterocycles. The number of rotatable bonds is 5. The van der Waals surface area contributed by atoms with Crippen molar-refractivity contribution in [2.75, 3.05) is 0 Å². The van der Waals surface area contributed by atoms with Gasteiger partial charge in [-0.25, -0.2) is 4.79 Å². The molecule has 1 aromatic heterocycles. The Bertz CT molecular complexity index is 637. The maximum absolute atomic E-state index is 10.9. The van der Waals surface area contributed by atoms with E-state index in [-0.39, 0.29) is 5.56 Å². The number of aryl methyl sites for hydroxylation is 2. The Hall–Kier alpha value is -1.82. The van der Waals surface area contributed by atoms with E-state index in [2.05, 4.69) is 21.0 Å². The number of carboxylic acid groups (broad SMARTS) is 1. The predicted octanol–water partition coefficient (Wildman–Crippen LogP) is 3.02. The van der Waals surface area contributed by atoms with Gasteiger partial charge in [0.2, 0.25) is 0 Å². The van der Waals surface area contributed by atoms with E-state index in [1.165, 1.54) is 12.1 Å². The Morgan fingerprint density at radius 2 is 2.20 bits per heavy atom. The van der Waals surface area contributed by atoms with Crippen molar-refractivity contribution < 1.29 is 14.6 Å². The average Bonchev–Trinajstić information content (AvgIpc) is 2.78. The number of carboxylic acids is 1. The fraction of sp³-hybridized carbons (Fsp3) is 0.286. The molecule has 6 heteroatoms. The smallest absolute Gasteiger partial charge is 0.335 e. The molecule has 0 bridgehead atoms.